The van der Waals surface area contributed by atoms with E-state index in [9.17, 15) is 4.79 Å². The summed E-state index contributed by atoms with van der Waals surface area (Å²) in [5.41, 5.74) is 2.64. The first-order chi connectivity index (χ1) is 13.2. The van der Waals surface area contributed by atoms with E-state index in [2.05, 4.69) is 27.8 Å². The van der Waals surface area contributed by atoms with Crippen molar-refractivity contribution in [2.75, 3.05) is 33.3 Å². The fraction of sp³-hybridized carbons (Fsp3) is 0.550. The second-order valence-electron chi connectivity index (χ2n) is 7.46. The third-order valence-electron chi connectivity index (χ3n) is 5.85. The number of piperidine rings is 1. The molecule has 0 saturated carbocycles. The number of rotatable bonds is 4. The van der Waals surface area contributed by atoms with E-state index in [1.807, 2.05) is 28.6 Å². The van der Waals surface area contributed by atoms with Crippen LogP contribution in [0.25, 0.3) is 0 Å². The van der Waals surface area contributed by atoms with E-state index in [4.69, 9.17) is 4.74 Å². The first kappa shape index (κ1) is 18.0. The number of ether oxygens (including phenoxy) is 1. The first-order valence-corrected chi connectivity index (χ1v) is 9.73. The summed E-state index contributed by atoms with van der Waals surface area (Å²) < 4.78 is 7.18. The van der Waals surface area contributed by atoms with E-state index in [-0.39, 0.29) is 5.91 Å². The molecule has 3 heterocycles. The molecule has 1 atom stereocenters. The molecule has 1 aromatic heterocycles. The second-order valence-corrected chi connectivity index (χ2v) is 7.46. The van der Waals surface area contributed by atoms with Crippen LogP contribution in [0.15, 0.2) is 24.3 Å². The maximum Gasteiger partial charge on any atom is 0.276 e. The number of carbonyl (C=O) groups is 1. The number of aromatic nitrogens is 3. The van der Waals surface area contributed by atoms with Crippen LogP contribution in [-0.2, 0) is 0 Å². The van der Waals surface area contributed by atoms with Crippen molar-refractivity contribution in [1.82, 2.24) is 25.2 Å². The first-order valence-electron chi connectivity index (χ1n) is 9.73. The standard InChI is InChI=1S/C20H27N5O2/c1-14-19(22-23-25(14)17-7-10-21-11-8-17)20(26)24-12-9-16(13-24)15-3-5-18(27-2)6-4-15/h3-6,16-17,21H,7-13H2,1-2H3/t16-/m1/s1. The summed E-state index contributed by atoms with van der Waals surface area (Å²) in [6, 6.07) is 8.49. The molecule has 4 rings (SSSR count). The molecule has 2 aromatic rings. The number of carbonyl (C=O) groups excluding carboxylic acids is 1. The lowest BCUT2D eigenvalue weighted by molar-refractivity contribution is 0.0784. The van der Waals surface area contributed by atoms with E-state index in [0.29, 0.717) is 17.7 Å². The molecule has 1 amide bonds. The Balaban J connectivity index is 1.45. The lowest BCUT2D eigenvalue weighted by atomic mass is 9.98. The molecule has 0 radical (unpaired) electrons. The zero-order valence-electron chi connectivity index (χ0n) is 16.0. The number of amides is 1. The highest BCUT2D eigenvalue weighted by Gasteiger charge is 2.31. The van der Waals surface area contributed by atoms with Gasteiger partial charge < -0.3 is 15.0 Å². The SMILES string of the molecule is COc1ccc([C@@H]2CCN(C(=O)c3nnn(C4CCNCC4)c3C)C2)cc1. The molecule has 27 heavy (non-hydrogen) atoms. The second kappa shape index (κ2) is 7.68. The van der Waals surface area contributed by atoms with Crippen molar-refractivity contribution < 1.29 is 9.53 Å². The maximum atomic E-state index is 13.0. The molecule has 2 aliphatic rings. The molecular formula is C20H27N5O2. The van der Waals surface area contributed by atoms with Crippen LogP contribution in [0, 0.1) is 6.92 Å². The Morgan fingerprint density at radius 1 is 1.19 bits per heavy atom. The molecule has 0 spiro atoms. The van der Waals surface area contributed by atoms with Crippen LogP contribution in [0.5, 0.6) is 5.75 Å². The summed E-state index contributed by atoms with van der Waals surface area (Å²) in [4.78, 5) is 14.9. The van der Waals surface area contributed by atoms with Gasteiger partial charge in [0.1, 0.15) is 5.75 Å². The highest BCUT2D eigenvalue weighted by molar-refractivity contribution is 5.93. The summed E-state index contributed by atoms with van der Waals surface area (Å²) in [6.45, 7) is 5.43. The Morgan fingerprint density at radius 3 is 2.63 bits per heavy atom. The quantitative estimate of drug-likeness (QED) is 0.894. The third kappa shape index (κ3) is 3.56. The molecule has 7 nitrogen and oxygen atoms in total. The van der Waals surface area contributed by atoms with E-state index >= 15 is 0 Å². The number of hydrogen-bond acceptors (Lipinski definition) is 5. The Hall–Kier alpha value is -2.41. The monoisotopic (exact) mass is 369 g/mol. The highest BCUT2D eigenvalue weighted by atomic mass is 16.5. The fourth-order valence-electron chi connectivity index (χ4n) is 4.18. The van der Waals surface area contributed by atoms with Gasteiger partial charge in [-0.3, -0.25) is 4.79 Å². The van der Waals surface area contributed by atoms with Gasteiger partial charge in [0.25, 0.3) is 5.91 Å². The van der Waals surface area contributed by atoms with Crippen molar-refractivity contribution in [3.63, 3.8) is 0 Å². The lowest BCUT2D eigenvalue weighted by Gasteiger charge is -2.23. The molecule has 2 aliphatic heterocycles. The lowest BCUT2D eigenvalue weighted by Crippen LogP contribution is -2.31. The van der Waals surface area contributed by atoms with Crippen LogP contribution in [0.2, 0.25) is 0 Å². The van der Waals surface area contributed by atoms with Gasteiger partial charge in [-0.1, -0.05) is 17.3 Å². The summed E-state index contributed by atoms with van der Waals surface area (Å²) >= 11 is 0. The summed E-state index contributed by atoms with van der Waals surface area (Å²) in [5.74, 6) is 1.22. The molecule has 1 aromatic carbocycles. The molecule has 2 saturated heterocycles. The van der Waals surface area contributed by atoms with Crippen LogP contribution < -0.4 is 10.1 Å². The zero-order valence-corrected chi connectivity index (χ0v) is 16.0. The number of hydrogen-bond donors (Lipinski definition) is 1. The Bertz CT molecular complexity index is 795. The predicted octanol–water partition coefficient (Wildman–Crippen LogP) is 2.15. The molecule has 0 aliphatic carbocycles. The molecule has 144 valence electrons. The van der Waals surface area contributed by atoms with E-state index in [1.165, 1.54) is 5.56 Å². The highest BCUT2D eigenvalue weighted by Crippen LogP contribution is 2.30. The van der Waals surface area contributed by atoms with Gasteiger partial charge in [-0.05, 0) is 57.0 Å². The number of nitrogens with one attached hydrogen (secondary N) is 1. The predicted molar refractivity (Wildman–Crippen MR) is 102 cm³/mol. The van der Waals surface area contributed by atoms with Crippen molar-refractivity contribution in [3.05, 3.63) is 41.2 Å². The molecule has 0 unspecified atom stereocenters. The maximum absolute atomic E-state index is 13.0. The minimum Gasteiger partial charge on any atom is -0.497 e. The van der Waals surface area contributed by atoms with E-state index < -0.39 is 0 Å². The third-order valence-corrected chi connectivity index (χ3v) is 5.85. The largest absolute Gasteiger partial charge is 0.497 e. The van der Waals surface area contributed by atoms with Crippen molar-refractivity contribution >= 4 is 5.91 Å². The summed E-state index contributed by atoms with van der Waals surface area (Å²) in [5, 5.41) is 11.9. The van der Waals surface area contributed by atoms with Crippen LogP contribution in [0.4, 0.5) is 0 Å². The minimum absolute atomic E-state index is 0.00342. The Morgan fingerprint density at radius 2 is 1.93 bits per heavy atom. The Labute approximate surface area is 159 Å². The summed E-state index contributed by atoms with van der Waals surface area (Å²) in [7, 11) is 1.67. The number of likely N-dealkylation sites (tertiary alicyclic amines) is 1. The average Bonchev–Trinajstić information content (AvgIpc) is 3.35. The van der Waals surface area contributed by atoms with Gasteiger partial charge in [0.2, 0.25) is 0 Å². The molecular weight excluding hydrogens is 342 g/mol. The molecule has 0 bridgehead atoms. The van der Waals surface area contributed by atoms with Gasteiger partial charge >= 0.3 is 0 Å². The van der Waals surface area contributed by atoms with Gasteiger partial charge in [-0.25, -0.2) is 4.68 Å². The van der Waals surface area contributed by atoms with Crippen LogP contribution in [-0.4, -0.2) is 59.1 Å². The summed E-state index contributed by atoms with van der Waals surface area (Å²) in [6.07, 6.45) is 3.03. The van der Waals surface area contributed by atoms with Gasteiger partial charge in [0.05, 0.1) is 18.8 Å². The molecule has 1 N–H and O–H groups in total. The van der Waals surface area contributed by atoms with Crippen molar-refractivity contribution in [1.29, 1.82) is 0 Å². The van der Waals surface area contributed by atoms with Crippen molar-refractivity contribution in [2.24, 2.45) is 0 Å². The number of benzene rings is 1. The van der Waals surface area contributed by atoms with Crippen molar-refractivity contribution in [2.45, 2.75) is 38.1 Å². The van der Waals surface area contributed by atoms with E-state index in [1.54, 1.807) is 7.11 Å². The topological polar surface area (TPSA) is 72.3 Å². The molecule has 2 fully saturated rings. The number of nitrogens with zero attached hydrogens (tertiary/aromatic N) is 4. The van der Waals surface area contributed by atoms with Crippen molar-refractivity contribution in [3.8, 4) is 5.75 Å². The van der Waals surface area contributed by atoms with Gasteiger partial charge in [-0.15, -0.1) is 5.10 Å². The average molecular weight is 369 g/mol. The van der Waals surface area contributed by atoms with Gasteiger partial charge in [0.15, 0.2) is 5.69 Å². The smallest absolute Gasteiger partial charge is 0.276 e. The van der Waals surface area contributed by atoms with Crippen LogP contribution in [0.1, 0.15) is 53.0 Å². The fourth-order valence-corrected chi connectivity index (χ4v) is 4.18. The molecule has 7 heteroatoms. The van der Waals surface area contributed by atoms with Gasteiger partial charge in [0, 0.05) is 19.0 Å². The minimum atomic E-state index is 0.00342. The zero-order chi connectivity index (χ0) is 18.8. The van der Waals surface area contributed by atoms with Crippen LogP contribution >= 0.6 is 0 Å². The Kier molecular flexibility index (Phi) is 5.11. The normalized spacial score (nSPS) is 20.8. The number of methoxy groups -OCH3 is 1. The van der Waals surface area contributed by atoms with E-state index in [0.717, 1.165) is 56.9 Å². The van der Waals surface area contributed by atoms with Gasteiger partial charge in [-0.2, -0.15) is 0 Å². The van der Waals surface area contributed by atoms with Crippen LogP contribution in [0.3, 0.4) is 0 Å².